The first-order chi connectivity index (χ1) is 7.84. The molecule has 0 aromatic carbocycles. The van der Waals surface area contributed by atoms with Gasteiger partial charge < -0.3 is 14.3 Å². The molecule has 1 fully saturated rings. The summed E-state index contributed by atoms with van der Waals surface area (Å²) in [6, 6.07) is 1.94. The van der Waals surface area contributed by atoms with Crippen LogP contribution in [0, 0.1) is 0 Å². The van der Waals surface area contributed by atoms with Crippen molar-refractivity contribution in [3.8, 4) is 0 Å². The maximum absolute atomic E-state index is 4.79. The molecule has 0 radical (unpaired) electrons. The molecular weight excluding hydrogens is 202 g/mol. The van der Waals surface area contributed by atoms with Crippen LogP contribution in [0.5, 0.6) is 0 Å². The summed E-state index contributed by atoms with van der Waals surface area (Å²) in [5, 5.41) is 3.90. The Morgan fingerprint density at radius 3 is 2.50 bits per heavy atom. The fourth-order valence-electron chi connectivity index (χ4n) is 1.71. The van der Waals surface area contributed by atoms with Crippen LogP contribution in [0.15, 0.2) is 16.9 Å². The SMILES string of the molecule is CC.CN1CCN(CCc2ccon2)CC1. The van der Waals surface area contributed by atoms with Gasteiger partial charge in [-0.3, -0.25) is 0 Å². The van der Waals surface area contributed by atoms with Crippen LogP contribution in [0.1, 0.15) is 19.5 Å². The fourth-order valence-corrected chi connectivity index (χ4v) is 1.71. The van der Waals surface area contributed by atoms with Crippen molar-refractivity contribution in [2.24, 2.45) is 0 Å². The highest BCUT2D eigenvalue weighted by Crippen LogP contribution is 2.02. The van der Waals surface area contributed by atoms with Gasteiger partial charge >= 0.3 is 0 Å². The highest BCUT2D eigenvalue weighted by molar-refractivity contribution is 4.95. The standard InChI is InChI=1S/C10H17N3O.C2H6/c1-12-5-7-13(8-6-12)4-2-10-3-9-14-11-10;1-2/h3,9H,2,4-8H2,1H3;1-2H3. The van der Waals surface area contributed by atoms with Gasteiger partial charge in [0.25, 0.3) is 0 Å². The van der Waals surface area contributed by atoms with Crippen LogP contribution < -0.4 is 0 Å². The van der Waals surface area contributed by atoms with Crippen molar-refractivity contribution in [2.75, 3.05) is 39.8 Å². The first-order valence-electron chi connectivity index (χ1n) is 6.15. The molecule has 1 aliphatic rings. The molecule has 1 saturated heterocycles. The van der Waals surface area contributed by atoms with Crippen LogP contribution in [0.25, 0.3) is 0 Å². The second-order valence-electron chi connectivity index (χ2n) is 3.89. The van der Waals surface area contributed by atoms with E-state index in [1.54, 1.807) is 6.26 Å². The Bertz CT molecular complexity index is 253. The van der Waals surface area contributed by atoms with Crippen LogP contribution in [-0.2, 0) is 6.42 Å². The van der Waals surface area contributed by atoms with Crippen LogP contribution >= 0.6 is 0 Å². The Labute approximate surface area is 98.2 Å². The maximum Gasteiger partial charge on any atom is 0.124 e. The van der Waals surface area contributed by atoms with Crippen molar-refractivity contribution < 1.29 is 4.52 Å². The van der Waals surface area contributed by atoms with Crippen molar-refractivity contribution in [1.29, 1.82) is 0 Å². The summed E-state index contributed by atoms with van der Waals surface area (Å²) in [5.74, 6) is 0. The fraction of sp³-hybridized carbons (Fsp3) is 0.750. The zero-order valence-corrected chi connectivity index (χ0v) is 10.6. The zero-order valence-electron chi connectivity index (χ0n) is 10.6. The minimum atomic E-state index is 1.00. The molecule has 0 aliphatic carbocycles. The Morgan fingerprint density at radius 1 is 1.25 bits per heavy atom. The monoisotopic (exact) mass is 225 g/mol. The molecule has 0 unspecified atom stereocenters. The first kappa shape index (κ1) is 13.2. The number of nitrogens with zero attached hydrogens (tertiary/aromatic N) is 3. The average Bonchev–Trinajstić information content (AvgIpc) is 2.84. The summed E-state index contributed by atoms with van der Waals surface area (Å²) < 4.78 is 4.79. The number of piperazine rings is 1. The number of likely N-dealkylation sites (N-methyl/N-ethyl adjacent to an activating group) is 1. The predicted molar refractivity (Wildman–Crippen MR) is 65.5 cm³/mol. The lowest BCUT2D eigenvalue weighted by Crippen LogP contribution is -2.45. The van der Waals surface area contributed by atoms with E-state index in [2.05, 4.69) is 22.0 Å². The number of hydrogen-bond acceptors (Lipinski definition) is 4. The summed E-state index contributed by atoms with van der Waals surface area (Å²) in [6.45, 7) is 9.81. The molecule has 0 saturated carbocycles. The predicted octanol–water partition coefficient (Wildman–Crippen LogP) is 1.49. The molecule has 4 heteroatoms. The normalized spacial score (nSPS) is 17.9. The molecule has 1 aliphatic heterocycles. The summed E-state index contributed by atoms with van der Waals surface area (Å²) >= 11 is 0. The Kier molecular flexibility index (Phi) is 6.11. The largest absolute Gasteiger partial charge is 0.365 e. The Morgan fingerprint density at radius 2 is 1.94 bits per heavy atom. The van der Waals surface area contributed by atoms with Crippen molar-refractivity contribution in [1.82, 2.24) is 15.0 Å². The first-order valence-corrected chi connectivity index (χ1v) is 6.15. The topological polar surface area (TPSA) is 32.5 Å². The van der Waals surface area contributed by atoms with Crippen molar-refractivity contribution >= 4 is 0 Å². The highest BCUT2D eigenvalue weighted by Gasteiger charge is 2.13. The van der Waals surface area contributed by atoms with Crippen LogP contribution in [0.2, 0.25) is 0 Å². The molecule has 16 heavy (non-hydrogen) atoms. The van der Waals surface area contributed by atoms with Crippen LogP contribution in [0.4, 0.5) is 0 Å². The Balaban J connectivity index is 0.000000606. The number of aromatic nitrogens is 1. The van der Waals surface area contributed by atoms with Gasteiger partial charge in [0.2, 0.25) is 0 Å². The van der Waals surface area contributed by atoms with Gasteiger partial charge in [-0.1, -0.05) is 19.0 Å². The van der Waals surface area contributed by atoms with E-state index in [0.717, 1.165) is 18.7 Å². The van der Waals surface area contributed by atoms with E-state index in [-0.39, 0.29) is 0 Å². The molecule has 0 spiro atoms. The highest BCUT2D eigenvalue weighted by atomic mass is 16.5. The summed E-state index contributed by atoms with van der Waals surface area (Å²) in [6.07, 6.45) is 2.64. The molecular formula is C12H23N3O. The smallest absolute Gasteiger partial charge is 0.124 e. The number of rotatable bonds is 3. The van der Waals surface area contributed by atoms with E-state index in [1.807, 2.05) is 19.9 Å². The third kappa shape index (κ3) is 4.33. The minimum Gasteiger partial charge on any atom is -0.365 e. The molecule has 0 atom stereocenters. The van der Waals surface area contributed by atoms with Gasteiger partial charge in [-0.2, -0.15) is 0 Å². The molecule has 2 heterocycles. The van der Waals surface area contributed by atoms with Crippen LogP contribution in [-0.4, -0.2) is 54.7 Å². The van der Waals surface area contributed by atoms with E-state index in [1.165, 1.54) is 26.2 Å². The average molecular weight is 225 g/mol. The lowest BCUT2D eigenvalue weighted by molar-refractivity contribution is 0.155. The van der Waals surface area contributed by atoms with E-state index < -0.39 is 0 Å². The quantitative estimate of drug-likeness (QED) is 0.780. The molecule has 4 nitrogen and oxygen atoms in total. The van der Waals surface area contributed by atoms with Crippen molar-refractivity contribution in [2.45, 2.75) is 20.3 Å². The molecule has 1 aromatic rings. The molecule has 0 bridgehead atoms. The van der Waals surface area contributed by atoms with E-state index in [0.29, 0.717) is 0 Å². The van der Waals surface area contributed by atoms with Crippen molar-refractivity contribution in [3.63, 3.8) is 0 Å². The molecule has 0 N–H and O–H groups in total. The van der Waals surface area contributed by atoms with Gasteiger partial charge in [-0.05, 0) is 7.05 Å². The third-order valence-electron chi connectivity index (χ3n) is 2.77. The van der Waals surface area contributed by atoms with E-state index in [9.17, 15) is 0 Å². The molecule has 2 rings (SSSR count). The zero-order chi connectivity index (χ0) is 11.8. The van der Waals surface area contributed by atoms with Gasteiger partial charge in [0.15, 0.2) is 0 Å². The molecule has 1 aromatic heterocycles. The lowest BCUT2D eigenvalue weighted by atomic mass is 10.2. The van der Waals surface area contributed by atoms with E-state index >= 15 is 0 Å². The van der Waals surface area contributed by atoms with Gasteiger partial charge in [0, 0.05) is 45.2 Å². The summed E-state index contributed by atoms with van der Waals surface area (Å²) in [7, 11) is 2.18. The maximum atomic E-state index is 4.79. The van der Waals surface area contributed by atoms with Gasteiger partial charge in [-0.25, -0.2) is 0 Å². The lowest BCUT2D eigenvalue weighted by Gasteiger charge is -2.32. The minimum absolute atomic E-state index is 1.00. The summed E-state index contributed by atoms with van der Waals surface area (Å²) in [4.78, 5) is 4.85. The van der Waals surface area contributed by atoms with E-state index in [4.69, 9.17) is 4.52 Å². The molecule has 0 amide bonds. The molecule has 92 valence electrons. The third-order valence-corrected chi connectivity index (χ3v) is 2.77. The van der Waals surface area contributed by atoms with Crippen LogP contribution in [0.3, 0.4) is 0 Å². The summed E-state index contributed by atoms with van der Waals surface area (Å²) in [5.41, 5.74) is 1.06. The second-order valence-corrected chi connectivity index (χ2v) is 3.89. The number of hydrogen-bond donors (Lipinski definition) is 0. The van der Waals surface area contributed by atoms with Crippen molar-refractivity contribution in [3.05, 3.63) is 18.0 Å². The van der Waals surface area contributed by atoms with Gasteiger partial charge in [0.1, 0.15) is 6.26 Å². The van der Waals surface area contributed by atoms with Gasteiger partial charge in [0.05, 0.1) is 5.69 Å². The van der Waals surface area contributed by atoms with Gasteiger partial charge in [-0.15, -0.1) is 0 Å². The Hall–Kier alpha value is -0.870. The second kappa shape index (κ2) is 7.41.